The molecular formula is C19H23N3O5S. The van der Waals surface area contributed by atoms with Crippen LogP contribution >= 0.6 is 0 Å². The molecule has 0 amide bonds. The molecule has 1 unspecified atom stereocenters. The molecule has 2 aromatic rings. The van der Waals surface area contributed by atoms with Gasteiger partial charge in [-0.3, -0.25) is 15.0 Å². The first kappa shape index (κ1) is 20.2. The molecule has 0 aliphatic carbocycles. The zero-order chi connectivity index (χ0) is 20.1. The van der Waals surface area contributed by atoms with Gasteiger partial charge in [0.1, 0.15) is 5.75 Å². The quantitative estimate of drug-likeness (QED) is 0.535. The molecule has 0 spiro atoms. The lowest BCUT2D eigenvalue weighted by Crippen LogP contribution is -2.36. The van der Waals surface area contributed by atoms with Crippen molar-refractivity contribution in [3.8, 4) is 5.75 Å². The van der Waals surface area contributed by atoms with Crippen LogP contribution in [0.1, 0.15) is 24.4 Å². The van der Waals surface area contributed by atoms with Gasteiger partial charge in [0.25, 0.3) is 5.69 Å². The van der Waals surface area contributed by atoms with Crippen LogP contribution in [-0.2, 0) is 10.0 Å². The van der Waals surface area contributed by atoms with Gasteiger partial charge in [-0.2, -0.15) is 0 Å². The number of nitrogens with zero attached hydrogens (tertiary/aromatic N) is 2. The van der Waals surface area contributed by atoms with Gasteiger partial charge in [-0.15, -0.1) is 0 Å². The van der Waals surface area contributed by atoms with Crippen LogP contribution < -0.4 is 9.46 Å². The van der Waals surface area contributed by atoms with Gasteiger partial charge in [0.2, 0.25) is 10.0 Å². The SMILES string of the molecule is COc1cccc(C(CNS(=O)(=O)c2ccc([N+](=O)[O-])cc2)N2CCCC2)c1. The molecule has 1 aliphatic rings. The van der Waals surface area contributed by atoms with Crippen molar-refractivity contribution >= 4 is 15.7 Å². The summed E-state index contributed by atoms with van der Waals surface area (Å²) in [7, 11) is -2.18. The van der Waals surface area contributed by atoms with Gasteiger partial charge in [-0.05, 0) is 55.8 Å². The molecule has 0 radical (unpaired) electrons. The lowest BCUT2D eigenvalue weighted by atomic mass is 10.1. The van der Waals surface area contributed by atoms with Crippen molar-refractivity contribution in [3.05, 3.63) is 64.2 Å². The molecule has 150 valence electrons. The van der Waals surface area contributed by atoms with Gasteiger partial charge < -0.3 is 4.74 Å². The Hall–Kier alpha value is -2.49. The number of nitrogens with one attached hydrogen (secondary N) is 1. The monoisotopic (exact) mass is 405 g/mol. The van der Waals surface area contributed by atoms with E-state index in [4.69, 9.17) is 4.74 Å². The third kappa shape index (κ3) is 4.67. The Morgan fingerprint density at radius 3 is 2.46 bits per heavy atom. The van der Waals surface area contributed by atoms with Crippen LogP contribution in [0.4, 0.5) is 5.69 Å². The second-order valence-corrected chi connectivity index (χ2v) is 8.41. The van der Waals surface area contributed by atoms with Crippen molar-refractivity contribution in [2.24, 2.45) is 0 Å². The van der Waals surface area contributed by atoms with Crippen molar-refractivity contribution in [1.29, 1.82) is 0 Å². The van der Waals surface area contributed by atoms with Crippen molar-refractivity contribution in [2.45, 2.75) is 23.8 Å². The highest BCUT2D eigenvalue weighted by Gasteiger charge is 2.26. The number of rotatable bonds is 8. The third-order valence-electron chi connectivity index (χ3n) is 4.88. The van der Waals surface area contributed by atoms with E-state index in [1.807, 2.05) is 24.3 Å². The molecule has 0 aromatic heterocycles. The first-order valence-corrected chi connectivity index (χ1v) is 10.5. The number of hydrogen-bond donors (Lipinski definition) is 1. The minimum Gasteiger partial charge on any atom is -0.497 e. The fourth-order valence-corrected chi connectivity index (χ4v) is 4.42. The molecule has 0 saturated carbocycles. The Kier molecular flexibility index (Phi) is 6.28. The van der Waals surface area contributed by atoms with Crippen LogP contribution in [0.3, 0.4) is 0 Å². The Balaban J connectivity index is 1.79. The maximum atomic E-state index is 12.7. The van der Waals surface area contributed by atoms with Gasteiger partial charge in [-0.1, -0.05) is 12.1 Å². The van der Waals surface area contributed by atoms with Crippen LogP contribution in [0.5, 0.6) is 5.75 Å². The lowest BCUT2D eigenvalue weighted by molar-refractivity contribution is -0.384. The number of sulfonamides is 1. The molecule has 1 fully saturated rings. The van der Waals surface area contributed by atoms with E-state index in [2.05, 4.69) is 9.62 Å². The van der Waals surface area contributed by atoms with Crippen molar-refractivity contribution in [1.82, 2.24) is 9.62 Å². The number of likely N-dealkylation sites (tertiary alicyclic amines) is 1. The molecule has 1 atom stereocenters. The summed E-state index contributed by atoms with van der Waals surface area (Å²) in [5, 5.41) is 10.8. The van der Waals surface area contributed by atoms with Crippen LogP contribution in [0.15, 0.2) is 53.4 Å². The summed E-state index contributed by atoms with van der Waals surface area (Å²) in [5.74, 6) is 0.722. The maximum Gasteiger partial charge on any atom is 0.269 e. The molecule has 28 heavy (non-hydrogen) atoms. The molecule has 1 heterocycles. The van der Waals surface area contributed by atoms with Crippen molar-refractivity contribution < 1.29 is 18.1 Å². The van der Waals surface area contributed by atoms with Crippen LogP contribution in [0.2, 0.25) is 0 Å². The van der Waals surface area contributed by atoms with Gasteiger partial charge in [0.05, 0.1) is 16.9 Å². The Bertz CT molecular complexity index is 925. The smallest absolute Gasteiger partial charge is 0.269 e. The highest BCUT2D eigenvalue weighted by molar-refractivity contribution is 7.89. The van der Waals surface area contributed by atoms with E-state index >= 15 is 0 Å². The molecular weight excluding hydrogens is 382 g/mol. The number of methoxy groups -OCH3 is 1. The normalized spacial score (nSPS) is 16.0. The zero-order valence-corrected chi connectivity index (χ0v) is 16.4. The topological polar surface area (TPSA) is 102 Å². The van der Waals surface area contributed by atoms with E-state index in [-0.39, 0.29) is 23.2 Å². The summed E-state index contributed by atoms with van der Waals surface area (Å²) in [6.45, 7) is 2.01. The van der Waals surface area contributed by atoms with Gasteiger partial charge in [0.15, 0.2) is 0 Å². The minimum atomic E-state index is -3.78. The average molecular weight is 405 g/mol. The van der Waals surface area contributed by atoms with Gasteiger partial charge >= 0.3 is 0 Å². The Morgan fingerprint density at radius 1 is 1.18 bits per heavy atom. The van der Waals surface area contributed by atoms with Crippen molar-refractivity contribution in [2.75, 3.05) is 26.7 Å². The lowest BCUT2D eigenvalue weighted by Gasteiger charge is -2.28. The molecule has 1 N–H and O–H groups in total. The van der Waals surface area contributed by atoms with Crippen LogP contribution in [0, 0.1) is 10.1 Å². The minimum absolute atomic E-state index is 0.00362. The predicted octanol–water partition coefficient (Wildman–Crippen LogP) is 2.72. The largest absolute Gasteiger partial charge is 0.497 e. The summed E-state index contributed by atoms with van der Waals surface area (Å²) in [6.07, 6.45) is 2.16. The summed E-state index contributed by atoms with van der Waals surface area (Å²) in [6, 6.07) is 12.4. The van der Waals surface area contributed by atoms with E-state index in [1.54, 1.807) is 7.11 Å². The highest BCUT2D eigenvalue weighted by atomic mass is 32.2. The van der Waals surface area contributed by atoms with E-state index in [0.717, 1.165) is 37.2 Å². The average Bonchev–Trinajstić information content (AvgIpc) is 3.23. The maximum absolute atomic E-state index is 12.7. The van der Waals surface area contributed by atoms with E-state index in [9.17, 15) is 18.5 Å². The first-order valence-electron chi connectivity index (χ1n) is 9.03. The standard InChI is InChI=1S/C19H23N3O5S/c1-27-17-6-4-5-15(13-17)19(21-11-2-3-12-21)14-20-28(25,26)18-9-7-16(8-10-18)22(23)24/h4-10,13,19-20H,2-3,11-12,14H2,1H3. The number of non-ortho nitro benzene ring substituents is 1. The molecule has 3 rings (SSSR count). The van der Waals surface area contributed by atoms with E-state index in [1.165, 1.54) is 24.3 Å². The second-order valence-electron chi connectivity index (χ2n) is 6.64. The fourth-order valence-electron chi connectivity index (χ4n) is 3.38. The molecule has 2 aromatic carbocycles. The second kappa shape index (κ2) is 8.68. The highest BCUT2D eigenvalue weighted by Crippen LogP contribution is 2.27. The third-order valence-corrected chi connectivity index (χ3v) is 6.32. The fraction of sp³-hybridized carbons (Fsp3) is 0.368. The summed E-state index contributed by atoms with van der Waals surface area (Å²) in [5.41, 5.74) is 0.831. The predicted molar refractivity (Wildman–Crippen MR) is 105 cm³/mol. The zero-order valence-electron chi connectivity index (χ0n) is 15.6. The number of ether oxygens (including phenoxy) is 1. The van der Waals surface area contributed by atoms with Crippen LogP contribution in [0.25, 0.3) is 0 Å². The van der Waals surface area contributed by atoms with Gasteiger partial charge in [-0.25, -0.2) is 13.1 Å². The van der Waals surface area contributed by atoms with E-state index < -0.39 is 14.9 Å². The number of nitro groups is 1. The Morgan fingerprint density at radius 2 is 1.86 bits per heavy atom. The van der Waals surface area contributed by atoms with Crippen LogP contribution in [-0.4, -0.2) is 45.0 Å². The molecule has 1 saturated heterocycles. The summed E-state index contributed by atoms with van der Waals surface area (Å²) in [4.78, 5) is 12.5. The molecule has 1 aliphatic heterocycles. The van der Waals surface area contributed by atoms with Gasteiger partial charge in [0, 0.05) is 24.7 Å². The summed E-state index contributed by atoms with van der Waals surface area (Å²) < 4.78 is 33.3. The first-order chi connectivity index (χ1) is 13.4. The molecule has 9 heteroatoms. The van der Waals surface area contributed by atoms with E-state index in [0.29, 0.717) is 0 Å². The summed E-state index contributed by atoms with van der Waals surface area (Å²) >= 11 is 0. The number of benzene rings is 2. The number of hydrogen-bond acceptors (Lipinski definition) is 6. The molecule has 8 nitrogen and oxygen atoms in total. The van der Waals surface area contributed by atoms with Crippen molar-refractivity contribution in [3.63, 3.8) is 0 Å². The number of nitro benzene ring substituents is 1. The molecule has 0 bridgehead atoms. The Labute approximate surface area is 164 Å².